The molecule has 0 unspecified atom stereocenters. The minimum Gasteiger partial charge on any atom is -0.340 e. The van der Waals surface area contributed by atoms with Crippen molar-refractivity contribution in [1.29, 1.82) is 5.26 Å². The maximum atomic E-state index is 11.6. The van der Waals surface area contributed by atoms with E-state index >= 15 is 0 Å². The molecule has 0 amide bonds. The van der Waals surface area contributed by atoms with Crippen molar-refractivity contribution in [1.82, 2.24) is 9.97 Å². The molecule has 0 aliphatic heterocycles. The molecule has 4 rings (SSSR count). The molecule has 6 nitrogen and oxygen atoms in total. The fourth-order valence-electron chi connectivity index (χ4n) is 3.19. The molecule has 7 heteroatoms. The number of aromatic nitrogens is 2. The van der Waals surface area contributed by atoms with E-state index < -0.39 is 9.84 Å². The zero-order chi connectivity index (χ0) is 22.7. The summed E-state index contributed by atoms with van der Waals surface area (Å²) in [4.78, 5) is 9.10. The normalized spacial score (nSPS) is 10.8. The fraction of sp³-hybridized carbons (Fsp3) is 0.0800. The van der Waals surface area contributed by atoms with Crippen LogP contribution in [0.1, 0.15) is 22.4 Å². The van der Waals surface area contributed by atoms with Crippen molar-refractivity contribution in [3.8, 4) is 17.9 Å². The molecule has 0 fully saturated rings. The highest BCUT2D eigenvalue weighted by molar-refractivity contribution is 7.90. The third kappa shape index (κ3) is 4.44. The minimum absolute atomic E-state index is 0.257. The molecule has 0 spiro atoms. The van der Waals surface area contributed by atoms with Gasteiger partial charge in [-0.2, -0.15) is 5.26 Å². The van der Waals surface area contributed by atoms with E-state index in [9.17, 15) is 13.7 Å². The van der Waals surface area contributed by atoms with Gasteiger partial charge in [-0.1, -0.05) is 12.0 Å². The average molecular weight is 439 g/mol. The van der Waals surface area contributed by atoms with Crippen LogP contribution in [-0.4, -0.2) is 24.6 Å². The summed E-state index contributed by atoms with van der Waals surface area (Å²) in [6, 6.07) is 17.8. The molecule has 0 bridgehead atoms. The number of pyridine rings is 2. The number of anilines is 2. The van der Waals surface area contributed by atoms with Gasteiger partial charge in [0.15, 0.2) is 9.84 Å². The maximum Gasteiger partial charge on any atom is 0.175 e. The molecular weight excluding hydrogens is 420 g/mol. The molecule has 0 radical (unpaired) electrons. The molecule has 0 saturated carbocycles. The first-order valence-electron chi connectivity index (χ1n) is 9.69. The van der Waals surface area contributed by atoms with Gasteiger partial charge >= 0.3 is 0 Å². The lowest BCUT2D eigenvalue weighted by Gasteiger charge is -2.08. The molecule has 156 valence electrons. The van der Waals surface area contributed by atoms with Crippen LogP contribution in [0.3, 0.4) is 0 Å². The first-order valence-corrected chi connectivity index (χ1v) is 11.6. The molecular formula is C25H18N4O2S. The third-order valence-electron chi connectivity index (χ3n) is 4.97. The van der Waals surface area contributed by atoms with Crippen molar-refractivity contribution in [3.05, 3.63) is 89.4 Å². The van der Waals surface area contributed by atoms with Crippen LogP contribution in [0.25, 0.3) is 10.8 Å². The first-order chi connectivity index (χ1) is 15.3. The fourth-order valence-corrected chi connectivity index (χ4v) is 3.82. The van der Waals surface area contributed by atoms with Crippen molar-refractivity contribution in [2.45, 2.75) is 11.8 Å². The Bertz CT molecular complexity index is 1540. The largest absolute Gasteiger partial charge is 0.340 e. The van der Waals surface area contributed by atoms with Gasteiger partial charge in [0.25, 0.3) is 0 Å². The lowest BCUT2D eigenvalue weighted by atomic mass is 10.0. The van der Waals surface area contributed by atoms with Crippen LogP contribution in [0.4, 0.5) is 11.5 Å². The molecule has 2 heterocycles. The highest BCUT2D eigenvalue weighted by Gasteiger charge is 2.08. The molecule has 0 saturated heterocycles. The highest BCUT2D eigenvalue weighted by atomic mass is 32.2. The van der Waals surface area contributed by atoms with E-state index in [1.54, 1.807) is 42.7 Å². The van der Waals surface area contributed by atoms with Crippen LogP contribution in [0.15, 0.2) is 71.9 Å². The number of hydrogen-bond donors (Lipinski definition) is 1. The maximum absolute atomic E-state index is 11.6. The second-order valence-electron chi connectivity index (χ2n) is 7.21. The smallest absolute Gasteiger partial charge is 0.175 e. The minimum atomic E-state index is -3.25. The molecule has 0 atom stereocenters. The summed E-state index contributed by atoms with van der Waals surface area (Å²) in [5, 5.41) is 14.1. The van der Waals surface area contributed by atoms with Gasteiger partial charge in [0.2, 0.25) is 0 Å². The Hall–Kier alpha value is -4.20. The highest BCUT2D eigenvalue weighted by Crippen LogP contribution is 2.23. The Morgan fingerprint density at radius 3 is 2.44 bits per heavy atom. The van der Waals surface area contributed by atoms with Gasteiger partial charge in [-0.3, -0.25) is 0 Å². The summed E-state index contributed by atoms with van der Waals surface area (Å²) in [5.74, 6) is 6.83. The molecule has 2 aromatic carbocycles. The van der Waals surface area contributed by atoms with Crippen molar-refractivity contribution < 1.29 is 8.42 Å². The van der Waals surface area contributed by atoms with E-state index in [-0.39, 0.29) is 4.90 Å². The zero-order valence-electron chi connectivity index (χ0n) is 17.4. The molecule has 4 aromatic rings. The second-order valence-corrected chi connectivity index (χ2v) is 9.23. The van der Waals surface area contributed by atoms with E-state index in [2.05, 4.69) is 33.2 Å². The predicted molar refractivity (Wildman–Crippen MR) is 124 cm³/mol. The van der Waals surface area contributed by atoms with Crippen LogP contribution in [0, 0.1) is 30.1 Å². The Balaban J connectivity index is 1.68. The second kappa shape index (κ2) is 8.50. The summed E-state index contributed by atoms with van der Waals surface area (Å²) in [6.07, 6.45) is 4.59. The molecule has 0 aliphatic rings. The molecule has 2 aromatic heterocycles. The number of sulfone groups is 1. The summed E-state index contributed by atoms with van der Waals surface area (Å²) < 4.78 is 23.3. The Morgan fingerprint density at radius 2 is 1.72 bits per heavy atom. The van der Waals surface area contributed by atoms with Gasteiger partial charge in [0.05, 0.1) is 16.5 Å². The van der Waals surface area contributed by atoms with Crippen LogP contribution in [0.5, 0.6) is 0 Å². The zero-order valence-corrected chi connectivity index (χ0v) is 18.2. The van der Waals surface area contributed by atoms with Gasteiger partial charge in [0.1, 0.15) is 11.5 Å². The summed E-state index contributed by atoms with van der Waals surface area (Å²) in [7, 11) is -3.25. The van der Waals surface area contributed by atoms with E-state index in [4.69, 9.17) is 0 Å². The lowest BCUT2D eigenvalue weighted by Crippen LogP contribution is -1.98. The summed E-state index contributed by atoms with van der Waals surface area (Å²) in [6.45, 7) is 1.88. The topological polar surface area (TPSA) is 95.7 Å². The predicted octanol–water partition coefficient (Wildman–Crippen LogP) is 4.36. The lowest BCUT2D eigenvalue weighted by molar-refractivity contribution is 0.602. The van der Waals surface area contributed by atoms with Crippen molar-refractivity contribution in [2.24, 2.45) is 0 Å². The SMILES string of the molecule is Cc1c(C#N)cccc1C#Cc1nccc2cnc(Nc3ccc(S(C)(=O)=O)cc3)cc12. The number of nitriles is 1. The van der Waals surface area contributed by atoms with Gasteiger partial charge in [-0.15, -0.1) is 0 Å². The summed E-state index contributed by atoms with van der Waals surface area (Å²) >= 11 is 0. The Morgan fingerprint density at radius 1 is 0.969 bits per heavy atom. The van der Waals surface area contributed by atoms with Crippen molar-refractivity contribution in [2.75, 3.05) is 11.6 Å². The number of nitrogens with zero attached hydrogens (tertiary/aromatic N) is 3. The number of hydrogen-bond acceptors (Lipinski definition) is 6. The standard InChI is InChI=1S/C25H18N4O2S/c1-17-18(4-3-5-19(17)15-26)6-11-24-23-14-25(28-16-20(23)12-13-27-24)29-21-7-9-22(10-8-21)32(2,30)31/h3-5,7-10,12-14,16H,1-2H3,(H,28,29). The van der Waals surface area contributed by atoms with Crippen molar-refractivity contribution >= 4 is 32.1 Å². The Labute approximate surface area is 186 Å². The van der Waals surface area contributed by atoms with Crippen LogP contribution in [-0.2, 0) is 9.84 Å². The quantitative estimate of drug-likeness (QED) is 0.478. The number of rotatable bonds is 3. The monoisotopic (exact) mass is 438 g/mol. The van der Waals surface area contributed by atoms with Crippen molar-refractivity contribution in [3.63, 3.8) is 0 Å². The molecule has 32 heavy (non-hydrogen) atoms. The first kappa shape index (κ1) is 21.0. The van der Waals surface area contributed by atoms with Gasteiger partial charge in [-0.25, -0.2) is 18.4 Å². The van der Waals surface area contributed by atoms with Crippen LogP contribution < -0.4 is 5.32 Å². The summed E-state index contributed by atoms with van der Waals surface area (Å²) in [5.41, 5.74) is 3.53. The number of fused-ring (bicyclic) bond motifs is 1. The average Bonchev–Trinajstić information content (AvgIpc) is 2.78. The van der Waals surface area contributed by atoms with Gasteiger partial charge in [-0.05, 0) is 66.9 Å². The van der Waals surface area contributed by atoms with Gasteiger partial charge in [0, 0.05) is 40.7 Å². The van der Waals surface area contributed by atoms with Crippen LogP contribution >= 0.6 is 0 Å². The number of benzene rings is 2. The van der Waals surface area contributed by atoms with E-state index in [0.29, 0.717) is 22.8 Å². The molecule has 0 aliphatic carbocycles. The number of nitrogens with one attached hydrogen (secondary N) is 1. The molecule has 1 N–H and O–H groups in total. The Kier molecular flexibility index (Phi) is 5.59. The van der Waals surface area contributed by atoms with E-state index in [1.807, 2.05) is 31.2 Å². The third-order valence-corrected chi connectivity index (χ3v) is 6.10. The van der Waals surface area contributed by atoms with E-state index in [0.717, 1.165) is 21.9 Å². The van der Waals surface area contributed by atoms with E-state index in [1.165, 1.54) is 6.26 Å². The van der Waals surface area contributed by atoms with Gasteiger partial charge < -0.3 is 5.32 Å². The van der Waals surface area contributed by atoms with Crippen LogP contribution in [0.2, 0.25) is 0 Å².